The molecule has 6 heteroatoms. The molecule has 80 valence electrons. The van der Waals surface area contributed by atoms with Crippen molar-refractivity contribution in [2.75, 3.05) is 12.8 Å². The number of hydrogen-bond donors (Lipinski definition) is 1. The molecule has 3 atom stereocenters. The van der Waals surface area contributed by atoms with Gasteiger partial charge >= 0.3 is 0 Å². The average Bonchev–Trinajstić information content (AvgIpc) is 2.04. The number of rotatable bonds is 5. The van der Waals surface area contributed by atoms with Gasteiger partial charge in [-0.3, -0.25) is 8.76 Å². The maximum atomic E-state index is 11.4. The summed E-state index contributed by atoms with van der Waals surface area (Å²) in [4.78, 5) is -0.714. The van der Waals surface area contributed by atoms with Crippen molar-refractivity contribution in [3.8, 4) is 0 Å². The van der Waals surface area contributed by atoms with Crippen LogP contribution in [0.15, 0.2) is 0 Å². The fourth-order valence-electron chi connectivity index (χ4n) is 1.13. The van der Waals surface area contributed by atoms with Crippen LogP contribution in [0.1, 0.15) is 27.2 Å². The van der Waals surface area contributed by atoms with Gasteiger partial charge in [0.1, 0.15) is 4.87 Å². The maximum absolute atomic E-state index is 11.4. The summed E-state index contributed by atoms with van der Waals surface area (Å²) in [5.74, 6) is 0. The van der Waals surface area contributed by atoms with Gasteiger partial charge in [-0.15, -0.1) is 0 Å². The molecule has 0 heterocycles. The van der Waals surface area contributed by atoms with Crippen LogP contribution in [-0.2, 0) is 22.1 Å². The van der Waals surface area contributed by atoms with E-state index in [0.29, 0.717) is 13.0 Å². The fourth-order valence-corrected chi connectivity index (χ4v) is 3.14. The van der Waals surface area contributed by atoms with Crippen LogP contribution < -0.4 is 0 Å². The molecule has 0 bridgehead atoms. The summed E-state index contributed by atoms with van der Waals surface area (Å²) in [7, 11) is -1.15. The van der Waals surface area contributed by atoms with Crippen molar-refractivity contribution in [3.05, 3.63) is 0 Å². The van der Waals surface area contributed by atoms with E-state index in [0.717, 1.165) is 0 Å². The molecule has 0 aliphatic rings. The monoisotopic (exact) mass is 227 g/mol. The molecule has 0 radical (unpaired) electrons. The van der Waals surface area contributed by atoms with Crippen molar-refractivity contribution in [2.24, 2.45) is 0 Å². The zero-order valence-corrected chi connectivity index (χ0v) is 10.1. The first-order valence-electron chi connectivity index (χ1n) is 4.12. The van der Waals surface area contributed by atoms with Crippen LogP contribution in [0, 0.1) is 0 Å². The maximum Gasteiger partial charge on any atom is 0.235 e. The average molecular weight is 227 g/mol. The highest BCUT2D eigenvalue weighted by atomic mass is 32.2. The van der Waals surface area contributed by atoms with E-state index in [2.05, 4.69) is 0 Å². The van der Waals surface area contributed by atoms with E-state index in [-0.39, 0.29) is 0 Å². The normalized spacial score (nSPS) is 21.1. The Morgan fingerprint density at radius 1 is 1.38 bits per heavy atom. The van der Waals surface area contributed by atoms with Crippen LogP contribution in [0.25, 0.3) is 0 Å². The Labute approximate surface area is 84.6 Å². The Kier molecular flexibility index (Phi) is 5.28. The molecule has 0 aromatic rings. The van der Waals surface area contributed by atoms with E-state index in [9.17, 15) is 8.42 Å². The molecule has 0 aromatic heterocycles. The highest BCUT2D eigenvalue weighted by Gasteiger charge is 2.36. The van der Waals surface area contributed by atoms with Gasteiger partial charge < -0.3 is 0 Å². The van der Waals surface area contributed by atoms with Crippen LogP contribution in [0.2, 0.25) is 0 Å². The van der Waals surface area contributed by atoms with Gasteiger partial charge in [-0.25, -0.2) is 4.21 Å². The third-order valence-electron chi connectivity index (χ3n) is 2.28. The van der Waals surface area contributed by atoms with Gasteiger partial charge in [0.25, 0.3) is 0 Å². The summed E-state index contributed by atoms with van der Waals surface area (Å²) in [6.45, 7) is 5.78. The molecule has 0 amide bonds. The van der Waals surface area contributed by atoms with Crippen LogP contribution in [0.3, 0.4) is 0 Å². The Balaban J connectivity index is 4.91. The molecule has 0 saturated heterocycles. The van der Waals surface area contributed by atoms with Gasteiger partial charge in [-0.1, -0.05) is 13.8 Å². The van der Waals surface area contributed by atoms with Gasteiger partial charge in [0.2, 0.25) is 11.3 Å². The minimum Gasteiger partial charge on any atom is -0.294 e. The Morgan fingerprint density at radius 3 is 1.92 bits per heavy atom. The van der Waals surface area contributed by atoms with Crippen molar-refractivity contribution < 1.29 is 13.0 Å². The molecule has 0 spiro atoms. The standard InChI is InChI=1S/C7H17NO3S2/c1-5-7(3,12(4)9)8(6-2)13(10)11/h5-6H2,1-4H3,(H,10,11). The lowest BCUT2D eigenvalue weighted by Crippen LogP contribution is -2.49. The van der Waals surface area contributed by atoms with Gasteiger partial charge in [-0.05, 0) is 13.3 Å². The fraction of sp³-hybridized carbons (Fsp3) is 1.00. The lowest BCUT2D eigenvalue weighted by molar-refractivity contribution is 0.294. The predicted molar refractivity (Wildman–Crippen MR) is 55.9 cm³/mol. The van der Waals surface area contributed by atoms with Crippen molar-refractivity contribution >= 4 is 22.1 Å². The third-order valence-corrected chi connectivity index (χ3v) is 5.18. The molecule has 0 aliphatic heterocycles. The SMILES string of the molecule is CCN(S(=O)O)C(C)(CC)S(C)=O. The number of nitrogens with zero attached hydrogens (tertiary/aromatic N) is 1. The second-order valence-corrected chi connectivity index (χ2v) is 5.60. The topological polar surface area (TPSA) is 57.6 Å². The van der Waals surface area contributed by atoms with Gasteiger partial charge in [0.15, 0.2) is 0 Å². The summed E-state index contributed by atoms with van der Waals surface area (Å²) in [6.07, 6.45) is 2.13. The van der Waals surface area contributed by atoms with E-state index >= 15 is 0 Å². The molecular weight excluding hydrogens is 210 g/mol. The predicted octanol–water partition coefficient (Wildman–Crippen LogP) is 0.950. The Bertz CT molecular complexity index is 222. The third kappa shape index (κ3) is 2.83. The van der Waals surface area contributed by atoms with E-state index in [4.69, 9.17) is 4.55 Å². The molecule has 0 aliphatic carbocycles. The van der Waals surface area contributed by atoms with Crippen LogP contribution in [-0.4, -0.2) is 34.9 Å². The van der Waals surface area contributed by atoms with Crippen molar-refractivity contribution in [1.29, 1.82) is 0 Å². The minimum absolute atomic E-state index is 0.410. The smallest absolute Gasteiger partial charge is 0.235 e. The summed E-state index contributed by atoms with van der Waals surface area (Å²) in [6, 6.07) is 0. The van der Waals surface area contributed by atoms with E-state index in [1.54, 1.807) is 20.1 Å². The van der Waals surface area contributed by atoms with Crippen LogP contribution in [0.4, 0.5) is 0 Å². The Morgan fingerprint density at radius 2 is 1.85 bits per heavy atom. The molecule has 0 aromatic carbocycles. The van der Waals surface area contributed by atoms with E-state index in [1.807, 2.05) is 6.92 Å². The zero-order valence-electron chi connectivity index (χ0n) is 8.44. The van der Waals surface area contributed by atoms with Crippen molar-refractivity contribution in [3.63, 3.8) is 0 Å². The largest absolute Gasteiger partial charge is 0.294 e. The summed E-state index contributed by atoms with van der Waals surface area (Å²) in [5, 5.41) is 0. The first kappa shape index (κ1) is 13.2. The van der Waals surface area contributed by atoms with Gasteiger partial charge in [0.05, 0.1) is 0 Å². The molecule has 3 unspecified atom stereocenters. The van der Waals surface area contributed by atoms with Crippen molar-refractivity contribution in [1.82, 2.24) is 4.31 Å². The molecule has 4 nitrogen and oxygen atoms in total. The number of hydrogen-bond acceptors (Lipinski definition) is 2. The lowest BCUT2D eigenvalue weighted by atomic mass is 10.2. The highest BCUT2D eigenvalue weighted by Crippen LogP contribution is 2.23. The second kappa shape index (κ2) is 5.19. The first-order chi connectivity index (χ1) is 5.90. The van der Waals surface area contributed by atoms with Gasteiger partial charge in [-0.2, -0.15) is 4.31 Å². The van der Waals surface area contributed by atoms with E-state index < -0.39 is 26.9 Å². The summed E-state index contributed by atoms with van der Waals surface area (Å²) in [5.41, 5.74) is 0. The van der Waals surface area contributed by atoms with Crippen LogP contribution in [0.5, 0.6) is 0 Å². The van der Waals surface area contributed by atoms with Crippen LogP contribution >= 0.6 is 0 Å². The lowest BCUT2D eigenvalue weighted by Gasteiger charge is -2.34. The molecule has 1 N–H and O–H groups in total. The zero-order chi connectivity index (χ0) is 10.6. The van der Waals surface area contributed by atoms with E-state index in [1.165, 1.54) is 4.31 Å². The second-order valence-electron chi connectivity index (χ2n) is 2.91. The van der Waals surface area contributed by atoms with Gasteiger partial charge in [0, 0.05) is 23.6 Å². The molecular formula is C7H17NO3S2. The molecule has 0 rings (SSSR count). The quantitative estimate of drug-likeness (QED) is 0.711. The Hall–Kier alpha value is 0.220. The summed E-state index contributed by atoms with van der Waals surface area (Å²) >= 11 is -2.05. The molecule has 0 saturated carbocycles. The minimum atomic E-state index is -2.05. The molecule has 0 fully saturated rings. The molecule has 13 heavy (non-hydrogen) atoms. The summed E-state index contributed by atoms with van der Waals surface area (Å²) < 4.78 is 32.7. The van der Waals surface area contributed by atoms with Crippen molar-refractivity contribution in [2.45, 2.75) is 32.1 Å². The highest BCUT2D eigenvalue weighted by molar-refractivity contribution is 7.86. The first-order valence-corrected chi connectivity index (χ1v) is 6.74.